The van der Waals surface area contributed by atoms with Gasteiger partial charge in [-0.2, -0.15) is 0 Å². The first-order valence-corrected chi connectivity index (χ1v) is 11.2. The van der Waals surface area contributed by atoms with Crippen LogP contribution in [0.1, 0.15) is 25.3 Å². The van der Waals surface area contributed by atoms with Gasteiger partial charge in [0.15, 0.2) is 6.10 Å². The molecule has 1 saturated heterocycles. The van der Waals surface area contributed by atoms with Crippen LogP contribution in [0.4, 0.5) is 14.5 Å². The maximum absolute atomic E-state index is 13.5. The monoisotopic (exact) mass is 495 g/mol. The Morgan fingerprint density at radius 2 is 1.39 bits per heavy atom. The van der Waals surface area contributed by atoms with E-state index in [0.29, 0.717) is 22.7 Å². The molecule has 0 radical (unpaired) electrons. The number of amides is 1. The second-order valence-electron chi connectivity index (χ2n) is 8.23. The van der Waals surface area contributed by atoms with Crippen LogP contribution < -0.4 is 14.4 Å². The van der Waals surface area contributed by atoms with Gasteiger partial charge >= 0.3 is 11.9 Å². The Kier molecular flexibility index (Phi) is 7.28. The van der Waals surface area contributed by atoms with Crippen molar-refractivity contribution in [2.24, 2.45) is 0 Å². The summed E-state index contributed by atoms with van der Waals surface area (Å²) in [6.07, 6.45) is -0.909. The summed E-state index contributed by atoms with van der Waals surface area (Å²) in [7, 11) is 0. The molecule has 4 rings (SSSR count). The highest BCUT2D eigenvalue weighted by Crippen LogP contribution is 2.42. The standard InChI is InChI=1S/C27H23F2NO6/c1-16(31)35-23-11-3-18(4-12-23)25-26(30(27(25)33)21-9-5-19(28)6-10-21)24(36-17(2)32)15-34-22-13-7-20(29)8-14-22/h3-14,24-26H,15H2,1-2H3/t24-,25+,26-/m1/s1. The van der Waals surface area contributed by atoms with Gasteiger partial charge in [-0.05, 0) is 66.2 Å². The van der Waals surface area contributed by atoms with Crippen molar-refractivity contribution in [2.45, 2.75) is 31.9 Å². The SMILES string of the molecule is CC(=O)Oc1ccc([C@@H]2C(=O)N(c3ccc(F)cc3)[C@@H]2[C@@H](COc2ccc(F)cc2)OC(C)=O)cc1. The highest BCUT2D eigenvalue weighted by Gasteiger charge is 2.54. The molecular formula is C27H23F2NO6. The van der Waals surface area contributed by atoms with Gasteiger partial charge in [-0.3, -0.25) is 14.4 Å². The summed E-state index contributed by atoms with van der Waals surface area (Å²) in [5.41, 5.74) is 1.04. The first-order chi connectivity index (χ1) is 17.2. The Bertz CT molecular complexity index is 1240. The van der Waals surface area contributed by atoms with Crippen LogP contribution in [0, 0.1) is 11.6 Å². The number of carbonyl (C=O) groups is 3. The van der Waals surface area contributed by atoms with Crippen LogP contribution in [0.25, 0.3) is 0 Å². The van der Waals surface area contributed by atoms with Gasteiger partial charge in [0.05, 0.1) is 12.0 Å². The van der Waals surface area contributed by atoms with E-state index in [4.69, 9.17) is 14.2 Å². The van der Waals surface area contributed by atoms with Crippen LogP contribution in [-0.4, -0.2) is 36.6 Å². The van der Waals surface area contributed by atoms with Gasteiger partial charge < -0.3 is 19.1 Å². The fourth-order valence-corrected chi connectivity index (χ4v) is 4.17. The zero-order chi connectivity index (χ0) is 25.8. The van der Waals surface area contributed by atoms with E-state index in [1.165, 1.54) is 67.3 Å². The quantitative estimate of drug-likeness (QED) is 0.262. The molecule has 7 nitrogen and oxygen atoms in total. The predicted molar refractivity (Wildman–Crippen MR) is 126 cm³/mol. The van der Waals surface area contributed by atoms with Gasteiger partial charge in [0.1, 0.15) is 29.7 Å². The fourth-order valence-electron chi connectivity index (χ4n) is 4.17. The van der Waals surface area contributed by atoms with Gasteiger partial charge in [-0.25, -0.2) is 8.78 Å². The number of carbonyl (C=O) groups excluding carboxylic acids is 3. The molecule has 0 unspecified atom stereocenters. The summed E-state index contributed by atoms with van der Waals surface area (Å²) >= 11 is 0. The third-order valence-electron chi connectivity index (χ3n) is 5.67. The first-order valence-electron chi connectivity index (χ1n) is 11.2. The maximum Gasteiger partial charge on any atom is 0.308 e. The van der Waals surface area contributed by atoms with Crippen LogP contribution in [0.3, 0.4) is 0 Å². The normalized spacial score (nSPS) is 17.7. The van der Waals surface area contributed by atoms with Crippen molar-refractivity contribution in [3.05, 3.63) is 90.0 Å². The fraction of sp³-hybridized carbons (Fsp3) is 0.222. The number of nitrogens with zero attached hydrogens (tertiary/aromatic N) is 1. The largest absolute Gasteiger partial charge is 0.490 e. The highest BCUT2D eigenvalue weighted by atomic mass is 19.1. The lowest BCUT2D eigenvalue weighted by molar-refractivity contribution is -0.153. The molecule has 0 spiro atoms. The van der Waals surface area contributed by atoms with Crippen molar-refractivity contribution in [3.63, 3.8) is 0 Å². The zero-order valence-electron chi connectivity index (χ0n) is 19.5. The highest BCUT2D eigenvalue weighted by molar-refractivity contribution is 6.06. The molecular weight excluding hydrogens is 472 g/mol. The van der Waals surface area contributed by atoms with Gasteiger partial charge in [0.2, 0.25) is 5.91 Å². The number of halogens is 2. The molecule has 186 valence electrons. The van der Waals surface area contributed by atoms with Gasteiger partial charge in [-0.15, -0.1) is 0 Å². The topological polar surface area (TPSA) is 82.1 Å². The van der Waals surface area contributed by atoms with Crippen LogP contribution in [0.15, 0.2) is 72.8 Å². The number of hydrogen-bond acceptors (Lipinski definition) is 6. The first kappa shape index (κ1) is 24.8. The minimum atomic E-state index is -0.909. The summed E-state index contributed by atoms with van der Waals surface area (Å²) in [6.45, 7) is 2.41. The Morgan fingerprint density at radius 1 is 0.833 bits per heavy atom. The second kappa shape index (κ2) is 10.6. The molecule has 0 N–H and O–H groups in total. The van der Waals surface area contributed by atoms with Crippen molar-refractivity contribution in [3.8, 4) is 11.5 Å². The molecule has 9 heteroatoms. The van der Waals surface area contributed by atoms with Crippen molar-refractivity contribution in [1.82, 2.24) is 0 Å². The van der Waals surface area contributed by atoms with E-state index in [0.717, 1.165) is 0 Å². The predicted octanol–water partition coefficient (Wildman–Crippen LogP) is 4.40. The molecule has 0 aromatic heterocycles. The average Bonchev–Trinajstić information content (AvgIpc) is 2.83. The molecule has 1 amide bonds. The number of esters is 2. The number of benzene rings is 3. The third-order valence-corrected chi connectivity index (χ3v) is 5.67. The number of hydrogen-bond donors (Lipinski definition) is 0. The molecule has 3 atom stereocenters. The summed E-state index contributed by atoms with van der Waals surface area (Å²) < 4.78 is 43.2. The maximum atomic E-state index is 13.5. The Morgan fingerprint density at radius 3 is 1.94 bits per heavy atom. The summed E-state index contributed by atoms with van der Waals surface area (Å²) in [6, 6.07) is 16.5. The average molecular weight is 495 g/mol. The molecule has 0 bridgehead atoms. The molecule has 0 aliphatic carbocycles. The lowest BCUT2D eigenvalue weighted by atomic mass is 9.78. The Labute approximate surface area is 206 Å². The van der Waals surface area contributed by atoms with E-state index < -0.39 is 41.6 Å². The number of anilines is 1. The number of β-lactam (4-membered cyclic amide) rings is 1. The minimum Gasteiger partial charge on any atom is -0.490 e. The molecule has 1 fully saturated rings. The van der Waals surface area contributed by atoms with Gasteiger partial charge in [0, 0.05) is 19.5 Å². The van der Waals surface area contributed by atoms with E-state index in [2.05, 4.69) is 0 Å². The minimum absolute atomic E-state index is 0.122. The third kappa shape index (κ3) is 5.51. The molecule has 1 aliphatic rings. The smallest absolute Gasteiger partial charge is 0.308 e. The van der Waals surface area contributed by atoms with E-state index in [1.807, 2.05) is 0 Å². The summed E-state index contributed by atoms with van der Waals surface area (Å²) in [4.78, 5) is 38.0. The molecule has 0 saturated carbocycles. The van der Waals surface area contributed by atoms with Crippen molar-refractivity contribution >= 4 is 23.5 Å². The van der Waals surface area contributed by atoms with Crippen LogP contribution >= 0.6 is 0 Å². The van der Waals surface area contributed by atoms with E-state index in [-0.39, 0.29) is 12.5 Å². The number of ether oxygens (including phenoxy) is 3. The molecule has 1 aliphatic heterocycles. The molecule has 36 heavy (non-hydrogen) atoms. The van der Waals surface area contributed by atoms with Crippen molar-refractivity contribution in [1.29, 1.82) is 0 Å². The molecule has 3 aromatic carbocycles. The zero-order valence-corrected chi connectivity index (χ0v) is 19.5. The van der Waals surface area contributed by atoms with E-state index >= 15 is 0 Å². The lowest BCUT2D eigenvalue weighted by Crippen LogP contribution is -2.66. The van der Waals surface area contributed by atoms with Crippen LogP contribution in [0.5, 0.6) is 11.5 Å². The molecule has 1 heterocycles. The Hall–Kier alpha value is -4.27. The van der Waals surface area contributed by atoms with Gasteiger partial charge in [0.25, 0.3) is 0 Å². The van der Waals surface area contributed by atoms with E-state index in [9.17, 15) is 23.2 Å². The van der Waals surface area contributed by atoms with Crippen molar-refractivity contribution < 1.29 is 37.4 Å². The van der Waals surface area contributed by atoms with Crippen molar-refractivity contribution in [2.75, 3.05) is 11.5 Å². The van der Waals surface area contributed by atoms with Crippen LogP contribution in [-0.2, 0) is 19.1 Å². The Balaban J connectivity index is 1.66. The molecule has 3 aromatic rings. The van der Waals surface area contributed by atoms with Gasteiger partial charge in [-0.1, -0.05) is 12.1 Å². The van der Waals surface area contributed by atoms with E-state index in [1.54, 1.807) is 24.3 Å². The summed E-state index contributed by atoms with van der Waals surface area (Å²) in [5.74, 6) is -2.27. The number of rotatable bonds is 8. The second-order valence-corrected chi connectivity index (χ2v) is 8.23. The summed E-state index contributed by atoms with van der Waals surface area (Å²) in [5, 5.41) is 0. The van der Waals surface area contributed by atoms with Crippen LogP contribution in [0.2, 0.25) is 0 Å². The lowest BCUT2D eigenvalue weighted by Gasteiger charge is -2.50.